The summed E-state index contributed by atoms with van der Waals surface area (Å²) in [5.74, 6) is -1.76. The lowest BCUT2D eigenvalue weighted by molar-refractivity contribution is 0.102. The summed E-state index contributed by atoms with van der Waals surface area (Å²) in [6.45, 7) is 3.17. The number of carbonyl (C=O) groups excluding carboxylic acids is 1. The zero-order chi connectivity index (χ0) is 14.9. The third-order valence-corrected chi connectivity index (χ3v) is 2.99. The minimum absolute atomic E-state index is 0.184. The number of amides is 1. The SMILES string of the molecule is Cc1cc(F)c(NC(=O)c2ccc(N)cc2C)cc1F. The summed E-state index contributed by atoms with van der Waals surface area (Å²) in [4.78, 5) is 12.1. The van der Waals surface area contributed by atoms with Crippen molar-refractivity contribution in [2.75, 3.05) is 11.1 Å². The van der Waals surface area contributed by atoms with Crippen molar-refractivity contribution < 1.29 is 13.6 Å². The van der Waals surface area contributed by atoms with Crippen molar-refractivity contribution in [2.24, 2.45) is 0 Å². The molecule has 5 heteroatoms. The molecule has 104 valence electrons. The van der Waals surface area contributed by atoms with Crippen LogP contribution in [-0.4, -0.2) is 5.91 Å². The lowest BCUT2D eigenvalue weighted by Gasteiger charge is -2.10. The molecule has 3 nitrogen and oxygen atoms in total. The fourth-order valence-electron chi connectivity index (χ4n) is 1.87. The Morgan fingerprint density at radius 1 is 1.05 bits per heavy atom. The van der Waals surface area contributed by atoms with Crippen LogP contribution >= 0.6 is 0 Å². The maximum atomic E-state index is 13.7. The highest BCUT2D eigenvalue weighted by Crippen LogP contribution is 2.20. The van der Waals surface area contributed by atoms with Crippen molar-refractivity contribution in [3.8, 4) is 0 Å². The molecule has 0 heterocycles. The smallest absolute Gasteiger partial charge is 0.256 e. The Labute approximate surface area is 115 Å². The van der Waals surface area contributed by atoms with E-state index in [9.17, 15) is 13.6 Å². The second-order valence-electron chi connectivity index (χ2n) is 4.61. The summed E-state index contributed by atoms with van der Waals surface area (Å²) >= 11 is 0. The lowest BCUT2D eigenvalue weighted by Crippen LogP contribution is -2.15. The van der Waals surface area contributed by atoms with Gasteiger partial charge in [0.15, 0.2) is 0 Å². The van der Waals surface area contributed by atoms with Crippen LogP contribution in [0.25, 0.3) is 0 Å². The van der Waals surface area contributed by atoms with Crippen molar-refractivity contribution >= 4 is 17.3 Å². The number of benzene rings is 2. The molecule has 2 aromatic carbocycles. The van der Waals surface area contributed by atoms with Crippen LogP contribution in [0.15, 0.2) is 30.3 Å². The van der Waals surface area contributed by atoms with E-state index in [-0.39, 0.29) is 11.3 Å². The molecule has 0 radical (unpaired) electrons. The number of hydrogen-bond donors (Lipinski definition) is 2. The molecule has 0 saturated heterocycles. The van der Waals surface area contributed by atoms with Gasteiger partial charge in [-0.2, -0.15) is 0 Å². The Kier molecular flexibility index (Phi) is 3.70. The van der Waals surface area contributed by atoms with Gasteiger partial charge in [-0.25, -0.2) is 8.78 Å². The first kappa shape index (κ1) is 14.0. The Morgan fingerprint density at radius 3 is 2.40 bits per heavy atom. The number of aryl methyl sites for hydroxylation is 2. The maximum absolute atomic E-state index is 13.7. The van der Waals surface area contributed by atoms with Gasteiger partial charge in [0.25, 0.3) is 5.91 Å². The standard InChI is InChI=1S/C15H14F2N2O/c1-8-5-10(18)3-4-11(8)15(20)19-14-7-12(16)9(2)6-13(14)17/h3-7H,18H2,1-2H3,(H,19,20). The lowest BCUT2D eigenvalue weighted by atomic mass is 10.1. The van der Waals surface area contributed by atoms with E-state index in [1.54, 1.807) is 25.1 Å². The molecule has 3 N–H and O–H groups in total. The van der Waals surface area contributed by atoms with Gasteiger partial charge in [-0.3, -0.25) is 4.79 Å². The topological polar surface area (TPSA) is 55.1 Å². The second kappa shape index (κ2) is 5.28. The molecule has 0 atom stereocenters. The first-order valence-corrected chi connectivity index (χ1v) is 6.01. The Hall–Kier alpha value is -2.43. The van der Waals surface area contributed by atoms with Crippen molar-refractivity contribution in [3.63, 3.8) is 0 Å². The molecule has 0 saturated carbocycles. The molecule has 0 aliphatic heterocycles. The van der Waals surface area contributed by atoms with Gasteiger partial charge in [-0.15, -0.1) is 0 Å². The Bertz CT molecular complexity index is 684. The summed E-state index contributed by atoms with van der Waals surface area (Å²) < 4.78 is 27.1. The van der Waals surface area contributed by atoms with Gasteiger partial charge in [0.05, 0.1) is 5.69 Å². The molecule has 0 aliphatic carbocycles. The number of nitrogens with one attached hydrogen (secondary N) is 1. The van der Waals surface area contributed by atoms with Crippen molar-refractivity contribution in [1.82, 2.24) is 0 Å². The number of nitrogens with two attached hydrogens (primary N) is 1. The van der Waals surface area contributed by atoms with Gasteiger partial charge in [0.1, 0.15) is 11.6 Å². The fourth-order valence-corrected chi connectivity index (χ4v) is 1.87. The first-order chi connectivity index (χ1) is 9.38. The van der Waals surface area contributed by atoms with Gasteiger partial charge in [-0.1, -0.05) is 0 Å². The average Bonchev–Trinajstić information content (AvgIpc) is 2.35. The fraction of sp³-hybridized carbons (Fsp3) is 0.133. The van der Waals surface area contributed by atoms with E-state index in [4.69, 9.17) is 5.73 Å². The Balaban J connectivity index is 2.30. The molecule has 0 unspecified atom stereocenters. The van der Waals surface area contributed by atoms with Crippen LogP contribution in [0, 0.1) is 25.5 Å². The molecular weight excluding hydrogens is 262 g/mol. The molecule has 0 fully saturated rings. The van der Waals surface area contributed by atoms with Crippen LogP contribution < -0.4 is 11.1 Å². The van der Waals surface area contributed by atoms with Crippen LogP contribution in [0.3, 0.4) is 0 Å². The summed E-state index contributed by atoms with van der Waals surface area (Å²) in [6.07, 6.45) is 0. The van der Waals surface area contributed by atoms with Gasteiger partial charge in [0, 0.05) is 17.3 Å². The third-order valence-electron chi connectivity index (χ3n) is 2.99. The third kappa shape index (κ3) is 2.77. The minimum Gasteiger partial charge on any atom is -0.399 e. The highest BCUT2D eigenvalue weighted by atomic mass is 19.1. The number of hydrogen-bond acceptors (Lipinski definition) is 2. The molecule has 0 aliphatic rings. The van der Waals surface area contributed by atoms with Crippen LogP contribution in [-0.2, 0) is 0 Å². The van der Waals surface area contributed by atoms with Crippen molar-refractivity contribution in [3.05, 3.63) is 58.7 Å². The van der Waals surface area contributed by atoms with E-state index in [2.05, 4.69) is 5.32 Å². The molecule has 2 rings (SSSR count). The van der Waals surface area contributed by atoms with E-state index in [0.29, 0.717) is 16.8 Å². The highest BCUT2D eigenvalue weighted by molar-refractivity contribution is 6.05. The maximum Gasteiger partial charge on any atom is 0.256 e. The van der Waals surface area contributed by atoms with Crippen LogP contribution in [0.4, 0.5) is 20.2 Å². The highest BCUT2D eigenvalue weighted by Gasteiger charge is 2.13. The zero-order valence-corrected chi connectivity index (χ0v) is 11.1. The summed E-state index contributed by atoms with van der Waals surface area (Å²) in [6, 6.07) is 6.77. The summed E-state index contributed by atoms with van der Waals surface area (Å²) in [7, 11) is 0. The molecule has 20 heavy (non-hydrogen) atoms. The zero-order valence-electron chi connectivity index (χ0n) is 11.1. The van der Waals surface area contributed by atoms with Crippen LogP contribution in [0.5, 0.6) is 0 Å². The molecule has 0 aromatic heterocycles. The molecule has 2 aromatic rings. The second-order valence-corrected chi connectivity index (χ2v) is 4.61. The van der Waals surface area contributed by atoms with Gasteiger partial charge in [0.2, 0.25) is 0 Å². The quantitative estimate of drug-likeness (QED) is 0.826. The number of carbonyl (C=O) groups is 1. The van der Waals surface area contributed by atoms with Gasteiger partial charge in [-0.05, 0) is 49.2 Å². The van der Waals surface area contributed by atoms with Gasteiger partial charge >= 0.3 is 0 Å². The summed E-state index contributed by atoms with van der Waals surface area (Å²) in [5.41, 5.74) is 7.16. The van der Waals surface area contributed by atoms with E-state index >= 15 is 0 Å². The largest absolute Gasteiger partial charge is 0.399 e. The number of nitrogen functional groups attached to an aromatic ring is 1. The van der Waals surface area contributed by atoms with Crippen LogP contribution in [0.1, 0.15) is 21.5 Å². The minimum atomic E-state index is -0.676. The van der Waals surface area contributed by atoms with E-state index in [1.165, 1.54) is 6.92 Å². The predicted octanol–water partition coefficient (Wildman–Crippen LogP) is 3.42. The first-order valence-electron chi connectivity index (χ1n) is 6.01. The molecule has 0 bridgehead atoms. The number of anilines is 2. The Morgan fingerprint density at radius 2 is 1.75 bits per heavy atom. The van der Waals surface area contributed by atoms with Crippen LogP contribution in [0.2, 0.25) is 0 Å². The van der Waals surface area contributed by atoms with Gasteiger partial charge < -0.3 is 11.1 Å². The molecule has 0 spiro atoms. The van der Waals surface area contributed by atoms with E-state index in [1.807, 2.05) is 0 Å². The van der Waals surface area contributed by atoms with Crippen molar-refractivity contribution in [1.29, 1.82) is 0 Å². The monoisotopic (exact) mass is 276 g/mol. The van der Waals surface area contributed by atoms with E-state index < -0.39 is 17.5 Å². The average molecular weight is 276 g/mol. The normalized spacial score (nSPS) is 10.4. The van der Waals surface area contributed by atoms with E-state index in [0.717, 1.165) is 12.1 Å². The number of halogens is 2. The molecular formula is C15H14F2N2O. The summed E-state index contributed by atoms with van der Waals surface area (Å²) in [5, 5.41) is 2.36. The predicted molar refractivity (Wildman–Crippen MR) is 74.6 cm³/mol. The van der Waals surface area contributed by atoms with Crippen molar-refractivity contribution in [2.45, 2.75) is 13.8 Å². The molecule has 1 amide bonds. The number of rotatable bonds is 2.